The first-order chi connectivity index (χ1) is 21.5. The van der Waals surface area contributed by atoms with Gasteiger partial charge in [0.15, 0.2) is 5.67 Å². The van der Waals surface area contributed by atoms with Gasteiger partial charge in [0.05, 0.1) is 32.4 Å². The second-order valence-corrected chi connectivity index (χ2v) is 11.6. The maximum Gasteiger partial charge on any atom is 0.251 e. The predicted octanol–water partition coefficient (Wildman–Crippen LogP) is 4.25. The number of aromatic nitrogens is 3. The molecule has 45 heavy (non-hydrogen) atoms. The number of hydrogen-bond donors (Lipinski definition) is 3. The summed E-state index contributed by atoms with van der Waals surface area (Å²) < 4.78 is 39.8. The summed E-state index contributed by atoms with van der Waals surface area (Å²) in [6.07, 6.45) is 1.93. The Bertz CT molecular complexity index is 1790. The normalized spacial score (nSPS) is 16.6. The first-order valence-electron chi connectivity index (χ1n) is 14.8. The lowest BCUT2D eigenvalue weighted by molar-refractivity contribution is -0.117. The molecule has 2 saturated carbocycles. The zero-order valence-electron chi connectivity index (χ0n) is 24.9. The molecule has 0 bridgehead atoms. The van der Waals surface area contributed by atoms with Gasteiger partial charge in [-0.15, -0.1) is 5.10 Å². The summed E-state index contributed by atoms with van der Waals surface area (Å²) >= 11 is 0. The molecule has 2 aromatic heterocycles. The zero-order chi connectivity index (χ0) is 31.9. The topological polar surface area (TPSA) is 150 Å². The number of methoxy groups -OCH3 is 1. The fourth-order valence-corrected chi connectivity index (χ4v) is 5.56. The Morgan fingerprint density at radius 2 is 1.87 bits per heavy atom. The predicted molar refractivity (Wildman–Crippen MR) is 161 cm³/mol. The monoisotopic (exact) mass is 617 g/mol. The molecule has 0 spiro atoms. The van der Waals surface area contributed by atoms with Crippen molar-refractivity contribution in [3.05, 3.63) is 76.9 Å². The lowest BCUT2D eigenvalue weighted by atomic mass is 9.90. The van der Waals surface area contributed by atoms with Crippen LogP contribution in [-0.2, 0) is 22.5 Å². The number of alkyl halides is 1. The molecule has 2 heterocycles. The van der Waals surface area contributed by atoms with Gasteiger partial charge in [-0.25, -0.2) is 13.8 Å². The molecule has 0 saturated heterocycles. The number of hydrogen-bond acceptors (Lipinski definition) is 8. The number of fused-ring (bicyclic) bond motifs is 1. The minimum atomic E-state index is -1.62. The van der Waals surface area contributed by atoms with E-state index in [4.69, 9.17) is 20.2 Å². The van der Waals surface area contributed by atoms with Gasteiger partial charge in [0.25, 0.3) is 5.91 Å². The van der Waals surface area contributed by atoms with Crippen molar-refractivity contribution >= 4 is 22.7 Å². The summed E-state index contributed by atoms with van der Waals surface area (Å²) in [6.45, 7) is 1.84. The van der Waals surface area contributed by atoms with Crippen LogP contribution in [0.4, 0.5) is 8.78 Å². The molecule has 4 aromatic rings. The number of amides is 2. The third-order valence-electron chi connectivity index (χ3n) is 8.32. The standard InChI is InChI=1S/C33H33F2N5O5/c1-3-45-30-20(16-27(36)41)15-26(38-29(30)18-4-8-23(34)9-5-18)33(43,22-6-7-22)17-37-31(42)21-12-19-14-25(32(35)10-11-32)39-40-28(19)24(13-21)44-2/h4-5,8-9,12-15,22,43H,3,6-7,10-11,16-17H2,1-2H3,(H2,36,41)(H,37,42)/t33-/m1/s1. The van der Waals surface area contributed by atoms with Crippen molar-refractivity contribution in [1.82, 2.24) is 20.5 Å². The first-order valence-corrected chi connectivity index (χ1v) is 14.8. The van der Waals surface area contributed by atoms with Crippen LogP contribution in [0.5, 0.6) is 11.5 Å². The van der Waals surface area contributed by atoms with Crippen LogP contribution < -0.4 is 20.5 Å². The van der Waals surface area contributed by atoms with Crippen LogP contribution in [0.15, 0.2) is 48.5 Å². The Morgan fingerprint density at radius 1 is 1.13 bits per heavy atom. The largest absolute Gasteiger partial charge is 0.494 e. The van der Waals surface area contributed by atoms with Crippen LogP contribution in [0.2, 0.25) is 0 Å². The molecule has 2 amide bonds. The Hall–Kier alpha value is -4.71. The van der Waals surface area contributed by atoms with Crippen molar-refractivity contribution in [2.45, 2.75) is 50.3 Å². The first kappa shape index (κ1) is 30.3. The number of pyridine rings is 1. The molecule has 2 fully saturated rings. The quantitative estimate of drug-likeness (QED) is 0.214. The Morgan fingerprint density at radius 3 is 2.49 bits per heavy atom. The van der Waals surface area contributed by atoms with E-state index in [1.54, 1.807) is 25.1 Å². The zero-order valence-corrected chi connectivity index (χ0v) is 24.9. The van der Waals surface area contributed by atoms with E-state index < -0.39 is 28.9 Å². The molecule has 2 aliphatic rings. The Kier molecular flexibility index (Phi) is 7.86. The van der Waals surface area contributed by atoms with Gasteiger partial charge in [-0.3, -0.25) is 9.59 Å². The van der Waals surface area contributed by atoms with E-state index >= 15 is 0 Å². The van der Waals surface area contributed by atoms with Gasteiger partial charge >= 0.3 is 0 Å². The number of carbonyl (C=O) groups is 2. The maximum atomic E-state index is 14.7. The van der Waals surface area contributed by atoms with Crippen LogP contribution in [0.3, 0.4) is 0 Å². The van der Waals surface area contributed by atoms with E-state index in [9.17, 15) is 23.5 Å². The molecule has 4 N–H and O–H groups in total. The third kappa shape index (κ3) is 6.02. The molecule has 2 aromatic carbocycles. The van der Waals surface area contributed by atoms with E-state index in [0.717, 1.165) is 0 Å². The second kappa shape index (κ2) is 11.7. The number of halogens is 2. The van der Waals surface area contributed by atoms with E-state index in [0.29, 0.717) is 64.9 Å². The highest BCUT2D eigenvalue weighted by molar-refractivity contribution is 6.00. The van der Waals surface area contributed by atoms with Crippen molar-refractivity contribution in [2.75, 3.05) is 20.3 Å². The number of benzene rings is 2. The summed E-state index contributed by atoms with van der Waals surface area (Å²) in [5.74, 6) is -1.18. The molecule has 2 aliphatic carbocycles. The third-order valence-corrected chi connectivity index (χ3v) is 8.32. The molecule has 6 rings (SSSR count). The highest BCUT2D eigenvalue weighted by Gasteiger charge is 2.48. The van der Waals surface area contributed by atoms with Gasteiger partial charge in [0.1, 0.15) is 39.8 Å². The van der Waals surface area contributed by atoms with Gasteiger partial charge in [-0.2, -0.15) is 5.10 Å². The van der Waals surface area contributed by atoms with E-state index in [1.807, 2.05) is 0 Å². The second-order valence-electron chi connectivity index (χ2n) is 11.6. The maximum absolute atomic E-state index is 14.7. The molecular formula is C33H33F2N5O5. The van der Waals surface area contributed by atoms with E-state index in [2.05, 4.69) is 15.5 Å². The van der Waals surface area contributed by atoms with E-state index in [-0.39, 0.29) is 42.4 Å². The number of aliphatic hydroxyl groups is 1. The molecule has 12 heteroatoms. The number of nitrogens with one attached hydrogen (secondary N) is 1. The van der Waals surface area contributed by atoms with Crippen LogP contribution >= 0.6 is 0 Å². The molecule has 0 aliphatic heterocycles. The van der Waals surface area contributed by atoms with E-state index in [1.165, 1.54) is 37.4 Å². The highest BCUT2D eigenvalue weighted by atomic mass is 19.1. The molecule has 10 nitrogen and oxygen atoms in total. The Labute approximate surface area is 258 Å². The van der Waals surface area contributed by atoms with Gasteiger partial charge in [0.2, 0.25) is 5.91 Å². The van der Waals surface area contributed by atoms with Crippen LogP contribution in [-0.4, -0.2) is 52.4 Å². The van der Waals surface area contributed by atoms with Gasteiger partial charge in [-0.1, -0.05) is 0 Å². The SMILES string of the molecule is CCOc1c(CC(N)=O)cc([C@@](O)(CNC(=O)c2cc(OC)c3nnc(C4(F)CC4)cc3c2)C2CC2)nc1-c1ccc(F)cc1. The highest BCUT2D eigenvalue weighted by Crippen LogP contribution is 2.49. The summed E-state index contributed by atoms with van der Waals surface area (Å²) in [7, 11) is 1.44. The van der Waals surface area contributed by atoms with Crippen molar-refractivity contribution in [1.29, 1.82) is 0 Å². The number of primary amides is 1. The van der Waals surface area contributed by atoms with Crippen molar-refractivity contribution in [3.8, 4) is 22.8 Å². The lowest BCUT2D eigenvalue weighted by Crippen LogP contribution is -2.43. The average Bonchev–Trinajstić information content (AvgIpc) is 3.97. The number of rotatable bonds is 12. The number of nitrogens with zero attached hydrogens (tertiary/aromatic N) is 3. The van der Waals surface area contributed by atoms with Crippen LogP contribution in [0.1, 0.15) is 59.9 Å². The van der Waals surface area contributed by atoms with Gasteiger partial charge < -0.3 is 25.6 Å². The fraction of sp³-hybridized carbons (Fsp3) is 0.364. The Balaban J connectivity index is 1.36. The molecular weight excluding hydrogens is 584 g/mol. The van der Waals surface area contributed by atoms with Crippen LogP contribution in [0.25, 0.3) is 22.2 Å². The van der Waals surface area contributed by atoms with Gasteiger partial charge in [-0.05, 0) is 87.1 Å². The van der Waals surface area contributed by atoms with Crippen LogP contribution in [0, 0.1) is 11.7 Å². The van der Waals surface area contributed by atoms with Crippen molar-refractivity contribution < 1.29 is 33.0 Å². The van der Waals surface area contributed by atoms with Crippen molar-refractivity contribution in [2.24, 2.45) is 11.7 Å². The molecule has 0 radical (unpaired) electrons. The minimum Gasteiger partial charge on any atom is -0.494 e. The molecule has 0 unspecified atom stereocenters. The molecule has 1 atom stereocenters. The summed E-state index contributed by atoms with van der Waals surface area (Å²) in [4.78, 5) is 30.4. The minimum absolute atomic E-state index is 0.186. The fourth-order valence-electron chi connectivity index (χ4n) is 5.56. The number of ether oxygens (including phenoxy) is 2. The summed E-state index contributed by atoms with van der Waals surface area (Å²) in [5, 5.41) is 23.6. The molecule has 234 valence electrons. The number of nitrogens with two attached hydrogens (primary N) is 1. The summed E-state index contributed by atoms with van der Waals surface area (Å²) in [5.41, 5.74) is 4.74. The van der Waals surface area contributed by atoms with Crippen molar-refractivity contribution in [3.63, 3.8) is 0 Å². The van der Waals surface area contributed by atoms with Gasteiger partial charge in [0, 0.05) is 22.1 Å². The number of carbonyl (C=O) groups excluding carboxylic acids is 2. The lowest BCUT2D eigenvalue weighted by Gasteiger charge is -2.30. The average molecular weight is 618 g/mol. The smallest absolute Gasteiger partial charge is 0.251 e. The summed E-state index contributed by atoms with van der Waals surface area (Å²) in [6, 6.07) is 11.9.